The zero-order chi connectivity index (χ0) is 23.8. The molecule has 3 aromatic rings. The van der Waals surface area contributed by atoms with Crippen molar-refractivity contribution in [2.24, 2.45) is 0 Å². The fourth-order valence-electron chi connectivity index (χ4n) is 4.82. The Balaban J connectivity index is 1.56. The average molecular weight is 477 g/mol. The molecule has 172 valence electrons. The van der Waals surface area contributed by atoms with Gasteiger partial charge in [-0.25, -0.2) is 8.78 Å². The lowest BCUT2D eigenvalue weighted by Gasteiger charge is -2.36. The average Bonchev–Trinajstić information content (AvgIpc) is 3.34. The summed E-state index contributed by atoms with van der Waals surface area (Å²) >= 11 is 1.62. The van der Waals surface area contributed by atoms with E-state index >= 15 is 0 Å². The summed E-state index contributed by atoms with van der Waals surface area (Å²) in [5.74, 6) is -1.97. The van der Waals surface area contributed by atoms with Crippen LogP contribution in [0.5, 0.6) is 0 Å². The van der Waals surface area contributed by atoms with Crippen molar-refractivity contribution < 1.29 is 18.4 Å². The van der Waals surface area contributed by atoms with Crippen LogP contribution in [0.4, 0.5) is 14.5 Å². The Labute approximate surface area is 200 Å². The van der Waals surface area contributed by atoms with E-state index < -0.39 is 23.5 Å². The minimum Gasteiger partial charge on any atom is -0.362 e. The highest BCUT2D eigenvalue weighted by Gasteiger charge is 2.41. The minimum atomic E-state index is -0.704. The summed E-state index contributed by atoms with van der Waals surface area (Å²) in [6.45, 7) is 1.79. The molecule has 0 unspecified atom stereocenters. The summed E-state index contributed by atoms with van der Waals surface area (Å²) < 4.78 is 27.5. The van der Waals surface area contributed by atoms with E-state index in [0.717, 1.165) is 10.6 Å². The zero-order valence-electron chi connectivity index (χ0n) is 18.4. The molecule has 1 aromatic heterocycles. The van der Waals surface area contributed by atoms with E-state index in [0.29, 0.717) is 40.9 Å². The quantitative estimate of drug-likeness (QED) is 0.484. The first-order chi connectivity index (χ1) is 16.4. The number of halogens is 2. The number of carbonyl (C=O) groups is 2. The third kappa shape index (κ3) is 4.19. The van der Waals surface area contributed by atoms with Gasteiger partial charge in [0.2, 0.25) is 0 Å². The molecule has 0 saturated carbocycles. The molecule has 0 saturated heterocycles. The Morgan fingerprint density at radius 1 is 1.03 bits per heavy atom. The fourth-order valence-corrected chi connectivity index (χ4v) is 5.65. The first-order valence-corrected chi connectivity index (χ1v) is 11.9. The van der Waals surface area contributed by atoms with Gasteiger partial charge in [0.25, 0.3) is 5.91 Å². The van der Waals surface area contributed by atoms with E-state index in [4.69, 9.17) is 0 Å². The Hall–Kier alpha value is -3.58. The predicted octanol–water partition coefficient (Wildman–Crippen LogP) is 6.03. The third-order valence-electron chi connectivity index (χ3n) is 6.30. The standard InChI is InChI=1S/C27H22F2N2O2S/c1-15-24(27(33)31-20-9-7-18(28)8-10-20)25(16-4-2-5-19(29)12-16)26-21(30-15)13-17(14-22(26)32)23-6-3-11-34-23/h2-12,17,25,30H,13-14H2,1H3,(H,31,33)/t17-,25-/m0/s1. The Morgan fingerprint density at radius 3 is 2.53 bits per heavy atom. The van der Waals surface area contributed by atoms with Gasteiger partial charge < -0.3 is 10.6 Å². The Morgan fingerprint density at radius 2 is 1.82 bits per heavy atom. The monoisotopic (exact) mass is 476 g/mol. The minimum absolute atomic E-state index is 0.0546. The number of hydrogen-bond donors (Lipinski definition) is 2. The lowest BCUT2D eigenvalue weighted by Crippen LogP contribution is -2.37. The van der Waals surface area contributed by atoms with E-state index in [1.54, 1.807) is 30.4 Å². The van der Waals surface area contributed by atoms with Gasteiger partial charge in [-0.3, -0.25) is 9.59 Å². The summed E-state index contributed by atoms with van der Waals surface area (Å²) in [6, 6.07) is 15.5. The number of ketones is 1. The number of thiophene rings is 1. The molecule has 0 spiro atoms. The molecule has 1 aliphatic heterocycles. The maximum absolute atomic E-state index is 14.2. The maximum atomic E-state index is 14.2. The molecule has 2 aliphatic rings. The number of allylic oxidation sites excluding steroid dienone is 3. The van der Waals surface area contributed by atoms with Crippen molar-refractivity contribution in [3.8, 4) is 0 Å². The van der Waals surface area contributed by atoms with Gasteiger partial charge in [0.15, 0.2) is 5.78 Å². The molecule has 2 heterocycles. The predicted molar refractivity (Wildman–Crippen MR) is 128 cm³/mol. The molecule has 0 bridgehead atoms. The largest absolute Gasteiger partial charge is 0.362 e. The number of amides is 1. The smallest absolute Gasteiger partial charge is 0.254 e. The van der Waals surface area contributed by atoms with Crippen LogP contribution in [0, 0.1) is 11.6 Å². The van der Waals surface area contributed by atoms with Crippen LogP contribution >= 0.6 is 11.3 Å². The van der Waals surface area contributed by atoms with Crippen molar-refractivity contribution in [1.82, 2.24) is 5.32 Å². The molecule has 2 N–H and O–H groups in total. The number of nitrogens with one attached hydrogen (secondary N) is 2. The molecule has 0 fully saturated rings. The van der Waals surface area contributed by atoms with Crippen molar-refractivity contribution in [3.63, 3.8) is 0 Å². The van der Waals surface area contributed by atoms with E-state index in [1.165, 1.54) is 36.4 Å². The van der Waals surface area contributed by atoms with Gasteiger partial charge in [-0.15, -0.1) is 11.3 Å². The second kappa shape index (κ2) is 8.99. The van der Waals surface area contributed by atoms with Gasteiger partial charge in [-0.05, 0) is 66.8 Å². The molecule has 1 amide bonds. The number of hydrogen-bond acceptors (Lipinski definition) is 4. The SMILES string of the molecule is CC1=C(C(=O)Nc2ccc(F)cc2)[C@H](c2cccc(F)c2)C2=C(C[C@H](c3cccs3)CC2=O)N1. The van der Waals surface area contributed by atoms with E-state index in [2.05, 4.69) is 10.6 Å². The third-order valence-corrected chi connectivity index (χ3v) is 7.34. The van der Waals surface area contributed by atoms with Crippen molar-refractivity contribution in [3.05, 3.63) is 111 Å². The van der Waals surface area contributed by atoms with Crippen molar-refractivity contribution >= 4 is 28.7 Å². The van der Waals surface area contributed by atoms with Crippen LogP contribution in [0.15, 0.2) is 88.6 Å². The summed E-state index contributed by atoms with van der Waals surface area (Å²) in [5, 5.41) is 8.10. The molecule has 0 radical (unpaired) electrons. The molecule has 5 rings (SSSR count). The van der Waals surface area contributed by atoms with Gasteiger partial charge in [-0.1, -0.05) is 18.2 Å². The highest BCUT2D eigenvalue weighted by atomic mass is 32.1. The van der Waals surface area contributed by atoms with Crippen molar-refractivity contribution in [2.75, 3.05) is 5.32 Å². The van der Waals surface area contributed by atoms with Gasteiger partial charge in [0.05, 0.1) is 0 Å². The van der Waals surface area contributed by atoms with E-state index in [9.17, 15) is 18.4 Å². The second-order valence-electron chi connectivity index (χ2n) is 8.55. The van der Waals surface area contributed by atoms with Crippen molar-refractivity contribution in [1.29, 1.82) is 0 Å². The number of dihydropyridines is 1. The zero-order valence-corrected chi connectivity index (χ0v) is 19.2. The molecular weight excluding hydrogens is 454 g/mol. The summed E-state index contributed by atoms with van der Waals surface area (Å²) in [7, 11) is 0. The summed E-state index contributed by atoms with van der Waals surface area (Å²) in [5.41, 5.74) is 3.20. The topological polar surface area (TPSA) is 58.2 Å². The molecular formula is C27H22F2N2O2S. The molecule has 2 atom stereocenters. The van der Waals surface area contributed by atoms with Crippen LogP contribution in [-0.2, 0) is 9.59 Å². The van der Waals surface area contributed by atoms with Gasteiger partial charge in [0, 0.05) is 51.4 Å². The van der Waals surface area contributed by atoms with Crippen LogP contribution in [0.25, 0.3) is 0 Å². The molecule has 1 aliphatic carbocycles. The Kier molecular flexibility index (Phi) is 5.87. The summed E-state index contributed by atoms with van der Waals surface area (Å²) in [4.78, 5) is 28.1. The van der Waals surface area contributed by atoms with Gasteiger partial charge >= 0.3 is 0 Å². The lowest BCUT2D eigenvalue weighted by atomic mass is 9.72. The van der Waals surface area contributed by atoms with E-state index in [-0.39, 0.29) is 11.7 Å². The van der Waals surface area contributed by atoms with E-state index in [1.807, 2.05) is 17.5 Å². The van der Waals surface area contributed by atoms with Crippen LogP contribution in [0.3, 0.4) is 0 Å². The van der Waals surface area contributed by atoms with Crippen LogP contribution in [0.1, 0.15) is 42.0 Å². The van der Waals surface area contributed by atoms with Gasteiger partial charge in [0.1, 0.15) is 11.6 Å². The number of carbonyl (C=O) groups excluding carboxylic acids is 2. The Bertz CT molecular complexity index is 1330. The van der Waals surface area contributed by atoms with Crippen LogP contribution in [-0.4, -0.2) is 11.7 Å². The second-order valence-corrected chi connectivity index (χ2v) is 9.53. The lowest BCUT2D eigenvalue weighted by molar-refractivity contribution is -0.116. The molecule has 2 aromatic carbocycles. The first kappa shape index (κ1) is 22.2. The number of rotatable bonds is 4. The maximum Gasteiger partial charge on any atom is 0.254 e. The number of anilines is 1. The normalized spacial score (nSPS) is 20.1. The van der Waals surface area contributed by atoms with Gasteiger partial charge in [-0.2, -0.15) is 0 Å². The molecule has 4 nitrogen and oxygen atoms in total. The number of Topliss-reactive ketones (excluding diaryl/α,β-unsaturated/α-hetero) is 1. The highest BCUT2D eigenvalue weighted by molar-refractivity contribution is 7.10. The highest BCUT2D eigenvalue weighted by Crippen LogP contribution is 2.46. The fraction of sp³-hybridized carbons (Fsp3) is 0.185. The van der Waals surface area contributed by atoms with Crippen molar-refractivity contribution in [2.45, 2.75) is 31.6 Å². The molecule has 7 heteroatoms. The molecule has 34 heavy (non-hydrogen) atoms. The van der Waals surface area contributed by atoms with Crippen LogP contribution in [0.2, 0.25) is 0 Å². The van der Waals surface area contributed by atoms with Crippen LogP contribution < -0.4 is 10.6 Å². The number of benzene rings is 2. The summed E-state index contributed by atoms with van der Waals surface area (Å²) in [6.07, 6.45) is 0.969. The first-order valence-electron chi connectivity index (χ1n) is 11.0.